The van der Waals surface area contributed by atoms with Crippen molar-refractivity contribution in [3.05, 3.63) is 0 Å². The third-order valence-electron chi connectivity index (χ3n) is 3.21. The molecule has 0 spiro atoms. The van der Waals surface area contributed by atoms with Crippen LogP contribution in [0, 0.1) is 0 Å². The van der Waals surface area contributed by atoms with Gasteiger partial charge in [-0.25, -0.2) is 15.4 Å². The normalized spacial score (nSPS) is 26.0. The molecule has 10 heteroatoms. The number of hydrogen-bond acceptors (Lipinski definition) is 5. The zero-order chi connectivity index (χ0) is 15.8. The molecule has 2 aliphatic rings. The zero-order valence-electron chi connectivity index (χ0n) is 11.5. The number of rotatable bonds is 5. The number of carbonyl (C=O) groups is 3. The number of unbranched alkanes of at least 4 members (excludes halogenated alkanes) is 1. The molecule has 0 aromatic heterocycles. The highest BCUT2D eigenvalue weighted by Gasteiger charge is 2.42. The number of nitrogens with two attached hydrogens (primary N) is 2. The fourth-order valence-corrected chi connectivity index (χ4v) is 3.81. The first-order valence-electron chi connectivity index (χ1n) is 6.60. The molecule has 9 nitrogen and oxygen atoms in total. The number of hydrogen-bond donors (Lipinski definition) is 6. The molecule has 120 valence electrons. The Morgan fingerprint density at radius 2 is 2.05 bits per heavy atom. The van der Waals surface area contributed by atoms with Gasteiger partial charge in [-0.3, -0.25) is 10.2 Å². The Kier molecular flexibility index (Phi) is 7.09. The Balaban J connectivity index is 0.000000383. The highest BCUT2D eigenvalue weighted by Crippen LogP contribution is 2.33. The van der Waals surface area contributed by atoms with Crippen LogP contribution >= 0.6 is 11.8 Å². The fourth-order valence-electron chi connectivity index (χ4n) is 2.26. The summed E-state index contributed by atoms with van der Waals surface area (Å²) in [6.07, 6.45) is 2.88. The Morgan fingerprint density at radius 1 is 1.38 bits per heavy atom. The molecular weight excluding hydrogens is 298 g/mol. The summed E-state index contributed by atoms with van der Waals surface area (Å²) < 4.78 is 0. The van der Waals surface area contributed by atoms with Crippen molar-refractivity contribution < 1.29 is 19.5 Å². The molecule has 2 heterocycles. The Labute approximate surface area is 126 Å². The SMILES string of the molecule is NNC(N)=O.O=C(O)CCCC[C@@H]1SC[C@@H]2NC(=O)N[C@@H]21. The molecule has 21 heavy (non-hydrogen) atoms. The highest BCUT2D eigenvalue weighted by atomic mass is 32.2. The maximum Gasteiger partial charge on any atom is 0.326 e. The van der Waals surface area contributed by atoms with Crippen LogP contribution in [0.3, 0.4) is 0 Å². The molecule has 0 unspecified atom stereocenters. The van der Waals surface area contributed by atoms with Crippen LogP contribution in [0.25, 0.3) is 0 Å². The number of urea groups is 2. The average molecular weight is 319 g/mol. The van der Waals surface area contributed by atoms with E-state index in [-0.39, 0.29) is 24.5 Å². The second-order valence-corrected chi connectivity index (χ2v) is 6.04. The van der Waals surface area contributed by atoms with Gasteiger partial charge < -0.3 is 21.5 Å². The van der Waals surface area contributed by atoms with E-state index in [1.165, 1.54) is 0 Å². The minimum atomic E-state index is -0.729. The molecule has 2 fully saturated rings. The van der Waals surface area contributed by atoms with E-state index in [9.17, 15) is 14.4 Å². The van der Waals surface area contributed by atoms with Crippen LogP contribution in [-0.2, 0) is 4.79 Å². The van der Waals surface area contributed by atoms with Crippen LogP contribution in [0.1, 0.15) is 25.7 Å². The van der Waals surface area contributed by atoms with Gasteiger partial charge in [0.15, 0.2) is 0 Å². The number of thioether (sulfide) groups is 1. The van der Waals surface area contributed by atoms with E-state index in [0.717, 1.165) is 25.0 Å². The number of amides is 4. The van der Waals surface area contributed by atoms with Crippen molar-refractivity contribution in [3.63, 3.8) is 0 Å². The van der Waals surface area contributed by atoms with Gasteiger partial charge in [-0.15, -0.1) is 0 Å². The summed E-state index contributed by atoms with van der Waals surface area (Å²) in [5.74, 6) is 4.68. The van der Waals surface area contributed by atoms with E-state index in [4.69, 9.17) is 5.11 Å². The molecule has 0 bridgehead atoms. The number of carboxylic acid groups (broad SMARTS) is 1. The topological polar surface area (TPSA) is 160 Å². The first-order valence-corrected chi connectivity index (χ1v) is 7.65. The second kappa shape index (κ2) is 8.57. The van der Waals surface area contributed by atoms with E-state index in [1.807, 2.05) is 11.8 Å². The van der Waals surface area contributed by atoms with Crippen molar-refractivity contribution in [2.75, 3.05) is 5.75 Å². The van der Waals surface area contributed by atoms with Crippen molar-refractivity contribution in [3.8, 4) is 0 Å². The van der Waals surface area contributed by atoms with Gasteiger partial charge in [-0.1, -0.05) is 6.42 Å². The lowest BCUT2D eigenvalue weighted by Crippen LogP contribution is -2.36. The molecule has 0 saturated carbocycles. The smallest absolute Gasteiger partial charge is 0.326 e. The monoisotopic (exact) mass is 319 g/mol. The highest BCUT2D eigenvalue weighted by molar-refractivity contribution is 8.00. The van der Waals surface area contributed by atoms with Crippen LogP contribution in [0.15, 0.2) is 0 Å². The van der Waals surface area contributed by atoms with Gasteiger partial charge >= 0.3 is 18.0 Å². The van der Waals surface area contributed by atoms with E-state index in [1.54, 1.807) is 5.43 Å². The summed E-state index contributed by atoms with van der Waals surface area (Å²) in [6, 6.07) is -0.278. The summed E-state index contributed by atoms with van der Waals surface area (Å²) >= 11 is 1.87. The maximum absolute atomic E-state index is 11.1. The van der Waals surface area contributed by atoms with Gasteiger partial charge in [0.1, 0.15) is 0 Å². The van der Waals surface area contributed by atoms with E-state index in [2.05, 4.69) is 22.2 Å². The van der Waals surface area contributed by atoms with Gasteiger partial charge in [-0.05, 0) is 12.8 Å². The van der Waals surface area contributed by atoms with Gasteiger partial charge in [0.2, 0.25) is 0 Å². The first-order chi connectivity index (χ1) is 9.93. The van der Waals surface area contributed by atoms with Crippen LogP contribution in [0.5, 0.6) is 0 Å². The molecule has 2 saturated heterocycles. The minimum Gasteiger partial charge on any atom is -0.481 e. The molecule has 8 N–H and O–H groups in total. The number of fused-ring (bicyclic) bond motifs is 1. The van der Waals surface area contributed by atoms with Crippen molar-refractivity contribution in [2.24, 2.45) is 11.6 Å². The number of primary amides is 1. The van der Waals surface area contributed by atoms with E-state index < -0.39 is 12.0 Å². The predicted octanol–water partition coefficient (Wildman–Crippen LogP) is -0.675. The standard InChI is InChI=1S/C10H16N2O3S.CH5N3O/c13-8(14)4-2-1-3-7-9-6(5-16-7)11-10(15)12-9;2-1(5)4-3/h6-7,9H,1-5H2,(H,13,14)(H2,11,12,15);3H2,(H3,2,4,5)/t6-,7-,9-;/m0./s1. The zero-order valence-corrected chi connectivity index (χ0v) is 12.3. The Morgan fingerprint density at radius 3 is 2.62 bits per heavy atom. The second-order valence-electron chi connectivity index (χ2n) is 4.77. The van der Waals surface area contributed by atoms with Crippen molar-refractivity contribution in [1.82, 2.24) is 16.1 Å². The third-order valence-corrected chi connectivity index (χ3v) is 4.72. The van der Waals surface area contributed by atoms with Crippen molar-refractivity contribution in [1.29, 1.82) is 0 Å². The summed E-state index contributed by atoms with van der Waals surface area (Å²) in [5, 5.41) is 14.8. The lowest BCUT2D eigenvalue weighted by Gasteiger charge is -2.16. The molecule has 0 aromatic carbocycles. The molecule has 2 aliphatic heterocycles. The van der Waals surface area contributed by atoms with Crippen molar-refractivity contribution in [2.45, 2.75) is 43.0 Å². The van der Waals surface area contributed by atoms with Crippen molar-refractivity contribution >= 4 is 29.8 Å². The molecule has 3 atom stereocenters. The van der Waals surface area contributed by atoms with Gasteiger partial charge in [0, 0.05) is 17.4 Å². The fraction of sp³-hybridized carbons (Fsp3) is 0.727. The summed E-state index contributed by atoms with van der Waals surface area (Å²) in [7, 11) is 0. The lowest BCUT2D eigenvalue weighted by molar-refractivity contribution is -0.137. The van der Waals surface area contributed by atoms with Crippen LogP contribution in [0.2, 0.25) is 0 Å². The number of nitrogens with one attached hydrogen (secondary N) is 3. The number of hydrazine groups is 1. The maximum atomic E-state index is 11.1. The van der Waals surface area contributed by atoms with Crippen LogP contribution < -0.4 is 27.6 Å². The lowest BCUT2D eigenvalue weighted by atomic mass is 10.0. The summed E-state index contributed by atoms with van der Waals surface area (Å²) in [5.41, 5.74) is 6.08. The number of carboxylic acids is 1. The van der Waals surface area contributed by atoms with Gasteiger partial charge in [0.05, 0.1) is 12.1 Å². The molecule has 0 aliphatic carbocycles. The molecular formula is C11H21N5O4S. The Bertz CT molecular complexity index is 395. The number of carbonyl (C=O) groups excluding carboxylic acids is 2. The van der Waals surface area contributed by atoms with Crippen LogP contribution in [0.4, 0.5) is 9.59 Å². The quantitative estimate of drug-likeness (QED) is 0.129. The first kappa shape index (κ1) is 17.4. The molecule has 0 radical (unpaired) electrons. The van der Waals surface area contributed by atoms with E-state index >= 15 is 0 Å². The van der Waals surface area contributed by atoms with Crippen LogP contribution in [-0.4, -0.2) is 46.2 Å². The van der Waals surface area contributed by atoms with Gasteiger partial charge in [0.25, 0.3) is 0 Å². The minimum absolute atomic E-state index is 0.0640. The largest absolute Gasteiger partial charge is 0.481 e. The number of aliphatic carboxylic acids is 1. The predicted molar refractivity (Wildman–Crippen MR) is 78.5 cm³/mol. The average Bonchev–Trinajstić information content (AvgIpc) is 2.95. The molecule has 0 aromatic rings. The summed E-state index contributed by atoms with van der Waals surface area (Å²) in [4.78, 5) is 30.8. The van der Waals surface area contributed by atoms with E-state index in [0.29, 0.717) is 5.25 Å². The molecule has 4 amide bonds. The molecule has 2 rings (SSSR count). The third kappa shape index (κ3) is 6.08. The summed E-state index contributed by atoms with van der Waals surface area (Å²) in [6.45, 7) is 0. The van der Waals surface area contributed by atoms with Gasteiger partial charge in [-0.2, -0.15) is 11.8 Å². The Hall–Kier alpha value is -1.68.